The molecule has 1 radical (unpaired) electrons. The zero-order chi connectivity index (χ0) is 18.5. The molecule has 2 aromatic heterocycles. The fraction of sp³-hybridized carbons (Fsp3) is 0.444. The van der Waals surface area contributed by atoms with Gasteiger partial charge in [-0.1, -0.05) is 12.1 Å². The molecule has 0 aromatic carbocycles. The molecule has 3 rings (SSSR count). The van der Waals surface area contributed by atoms with Crippen molar-refractivity contribution in [3.63, 3.8) is 0 Å². The van der Waals surface area contributed by atoms with Crippen LogP contribution in [0.3, 0.4) is 0 Å². The Kier molecular flexibility index (Phi) is 7.71. The van der Waals surface area contributed by atoms with Crippen LogP contribution in [0.15, 0.2) is 40.1 Å². The van der Waals surface area contributed by atoms with E-state index in [2.05, 4.69) is 21.1 Å². The van der Waals surface area contributed by atoms with Crippen molar-refractivity contribution in [2.45, 2.75) is 25.8 Å². The quantitative estimate of drug-likeness (QED) is 0.526. The maximum atomic E-state index is 13.2. The number of hydrogen-bond donors (Lipinski definition) is 0. The molecule has 0 aliphatic carbocycles. The van der Waals surface area contributed by atoms with Crippen LogP contribution in [0, 0.1) is 5.95 Å². The second kappa shape index (κ2) is 9.78. The van der Waals surface area contributed by atoms with Crippen LogP contribution in [0.2, 0.25) is 0 Å². The van der Waals surface area contributed by atoms with E-state index in [1.54, 1.807) is 6.07 Å². The van der Waals surface area contributed by atoms with E-state index >= 15 is 0 Å². The number of pyridine rings is 1. The molecule has 143 valence electrons. The molecule has 0 saturated heterocycles. The van der Waals surface area contributed by atoms with E-state index in [1.807, 2.05) is 6.07 Å². The van der Waals surface area contributed by atoms with Crippen LogP contribution in [0.1, 0.15) is 25.0 Å². The van der Waals surface area contributed by atoms with Crippen molar-refractivity contribution in [1.29, 1.82) is 0 Å². The Bertz CT molecular complexity index is 924. The average molecular weight is 410 g/mol. The van der Waals surface area contributed by atoms with Crippen molar-refractivity contribution in [2.75, 3.05) is 19.6 Å². The molecule has 0 spiro atoms. The summed E-state index contributed by atoms with van der Waals surface area (Å²) in [4.78, 5) is 29.5. The van der Waals surface area contributed by atoms with Gasteiger partial charge in [0.05, 0.1) is 5.69 Å². The second-order valence-corrected chi connectivity index (χ2v) is 6.38. The smallest absolute Gasteiger partial charge is 0.299 e. The Morgan fingerprint density at radius 2 is 1.96 bits per heavy atom. The minimum Gasteiger partial charge on any atom is -0.299 e. The largest absolute Gasteiger partial charge is 0.347 e. The number of aryl methyl sites for hydroxylation is 1. The van der Waals surface area contributed by atoms with E-state index in [0.717, 1.165) is 49.0 Å². The van der Waals surface area contributed by atoms with Crippen molar-refractivity contribution >= 4 is 5.57 Å². The Labute approximate surface area is 168 Å². The normalized spacial score (nSPS) is 14.5. The fourth-order valence-corrected chi connectivity index (χ4v) is 3.01. The van der Waals surface area contributed by atoms with E-state index in [0.29, 0.717) is 12.2 Å². The molecule has 1 aliphatic heterocycles. The van der Waals surface area contributed by atoms with Crippen LogP contribution in [0.25, 0.3) is 5.57 Å². The maximum absolute atomic E-state index is 13.2. The molecule has 0 unspecified atom stereocenters. The van der Waals surface area contributed by atoms with Crippen LogP contribution in [0.5, 0.6) is 0 Å². The van der Waals surface area contributed by atoms with E-state index < -0.39 is 11.5 Å². The van der Waals surface area contributed by atoms with Crippen LogP contribution in [0.4, 0.5) is 4.39 Å². The van der Waals surface area contributed by atoms with Crippen LogP contribution in [-0.4, -0.2) is 43.9 Å². The summed E-state index contributed by atoms with van der Waals surface area (Å²) in [6.07, 6.45) is 5.85. The van der Waals surface area contributed by atoms with Gasteiger partial charge in [0.1, 0.15) is 6.20 Å². The zero-order valence-corrected chi connectivity index (χ0v) is 16.6. The number of nitrogens with zero attached hydrogens (tertiary/aromatic N) is 5. The third-order valence-electron chi connectivity index (χ3n) is 4.58. The minimum absolute atomic E-state index is 0. The molecule has 0 amide bonds. The van der Waals surface area contributed by atoms with Gasteiger partial charge in [-0.05, 0) is 43.5 Å². The standard InChI is InChI=1S/C18H22FN5O2.V/c1-22-17(25)13-20-24(18(22)26)10-3-2-9-23-11-7-14(8-12-23)15-5-4-6-16(19)21-15;/h4-7,13H,2-3,8-12H2,1H3;. The first-order valence-electron chi connectivity index (χ1n) is 8.72. The molecule has 7 nitrogen and oxygen atoms in total. The first-order valence-corrected chi connectivity index (χ1v) is 8.72. The van der Waals surface area contributed by atoms with Crippen LogP contribution < -0.4 is 11.2 Å². The molecular weight excluding hydrogens is 388 g/mol. The third kappa shape index (κ3) is 5.48. The summed E-state index contributed by atoms with van der Waals surface area (Å²) in [5.41, 5.74) is 1.02. The number of halogens is 1. The van der Waals surface area contributed by atoms with Crippen molar-refractivity contribution in [2.24, 2.45) is 7.05 Å². The van der Waals surface area contributed by atoms with Gasteiger partial charge in [0.2, 0.25) is 5.95 Å². The van der Waals surface area contributed by atoms with E-state index in [1.165, 1.54) is 24.0 Å². The van der Waals surface area contributed by atoms with Gasteiger partial charge in [0.25, 0.3) is 5.56 Å². The first-order chi connectivity index (χ1) is 12.5. The van der Waals surface area contributed by atoms with E-state index in [9.17, 15) is 14.0 Å². The van der Waals surface area contributed by atoms with Crippen LogP contribution in [-0.2, 0) is 32.1 Å². The van der Waals surface area contributed by atoms with Crippen molar-refractivity contribution in [1.82, 2.24) is 24.2 Å². The molecular formula is C18H22FN5O2V. The molecule has 3 heterocycles. The topological polar surface area (TPSA) is 73.0 Å². The Morgan fingerprint density at radius 3 is 2.67 bits per heavy atom. The van der Waals surface area contributed by atoms with Crippen molar-refractivity contribution in [3.8, 4) is 0 Å². The molecule has 9 heteroatoms. The summed E-state index contributed by atoms with van der Waals surface area (Å²) in [5.74, 6) is -0.451. The summed E-state index contributed by atoms with van der Waals surface area (Å²) in [6, 6.07) is 4.87. The molecule has 0 saturated carbocycles. The first kappa shape index (κ1) is 21.3. The summed E-state index contributed by atoms with van der Waals surface area (Å²) in [7, 11) is 1.45. The van der Waals surface area contributed by atoms with E-state index in [4.69, 9.17) is 0 Å². The van der Waals surface area contributed by atoms with Gasteiger partial charge in [-0.3, -0.25) is 14.3 Å². The summed E-state index contributed by atoms with van der Waals surface area (Å²) < 4.78 is 15.6. The van der Waals surface area contributed by atoms with Crippen molar-refractivity contribution in [3.05, 3.63) is 63.0 Å². The Balaban J connectivity index is 0.00000261. The van der Waals surface area contributed by atoms with Gasteiger partial charge >= 0.3 is 5.69 Å². The average Bonchev–Trinajstić information content (AvgIpc) is 2.65. The molecule has 2 aromatic rings. The van der Waals surface area contributed by atoms with Crippen molar-refractivity contribution < 1.29 is 22.9 Å². The number of rotatable bonds is 6. The maximum Gasteiger partial charge on any atom is 0.347 e. The predicted molar refractivity (Wildman–Crippen MR) is 96.2 cm³/mol. The van der Waals surface area contributed by atoms with Gasteiger partial charge in [-0.25, -0.2) is 14.5 Å². The number of unbranched alkanes of at least 4 members (excludes halogenated alkanes) is 1. The summed E-state index contributed by atoms with van der Waals surface area (Å²) >= 11 is 0. The second-order valence-electron chi connectivity index (χ2n) is 6.38. The van der Waals surface area contributed by atoms with Gasteiger partial charge < -0.3 is 0 Å². The summed E-state index contributed by atoms with van der Waals surface area (Å²) in [5, 5.41) is 3.88. The van der Waals surface area contributed by atoms with E-state index in [-0.39, 0.29) is 24.2 Å². The molecule has 0 N–H and O–H groups in total. The molecule has 0 fully saturated rings. The third-order valence-corrected chi connectivity index (χ3v) is 4.58. The van der Waals surface area contributed by atoms with Gasteiger partial charge in [0, 0.05) is 45.2 Å². The predicted octanol–water partition coefficient (Wildman–Crippen LogP) is 1.04. The SMILES string of the molecule is Cn1c(=O)cnn(CCCCN2CC=C(c3cccc(F)n3)CC2)c1=O.[V]. The zero-order valence-electron chi connectivity index (χ0n) is 15.2. The Hall–Kier alpha value is -2.03. The summed E-state index contributed by atoms with van der Waals surface area (Å²) in [6.45, 7) is 3.13. The van der Waals surface area contributed by atoms with Gasteiger partial charge in [-0.15, -0.1) is 0 Å². The monoisotopic (exact) mass is 410 g/mol. The number of hydrogen-bond acceptors (Lipinski definition) is 5. The molecule has 0 atom stereocenters. The van der Waals surface area contributed by atoms with Crippen LogP contribution >= 0.6 is 0 Å². The molecule has 27 heavy (non-hydrogen) atoms. The fourth-order valence-electron chi connectivity index (χ4n) is 3.01. The molecule has 1 aliphatic rings. The molecule has 0 bridgehead atoms. The minimum atomic E-state index is -0.451. The van der Waals surface area contributed by atoms with Gasteiger partial charge in [-0.2, -0.15) is 9.49 Å². The number of aromatic nitrogens is 4. The Morgan fingerprint density at radius 1 is 1.19 bits per heavy atom. The van der Waals surface area contributed by atoms with Gasteiger partial charge in [0.15, 0.2) is 0 Å².